The molecule has 0 radical (unpaired) electrons. The predicted octanol–water partition coefficient (Wildman–Crippen LogP) is 7.86. The molecule has 4 rings (SSSR count). The van der Waals surface area contributed by atoms with Crippen molar-refractivity contribution in [2.75, 3.05) is 6.61 Å². The first-order valence-electron chi connectivity index (χ1n) is 12.4. The van der Waals surface area contributed by atoms with Gasteiger partial charge in [-0.3, -0.25) is 14.9 Å². The van der Waals surface area contributed by atoms with E-state index in [4.69, 9.17) is 26.1 Å². The molecule has 40 heavy (non-hydrogen) atoms. The Morgan fingerprint density at radius 2 is 1.95 bits per heavy atom. The highest BCUT2D eigenvalue weighted by atomic mass is 79.9. The Morgan fingerprint density at radius 3 is 2.65 bits per heavy atom. The summed E-state index contributed by atoms with van der Waals surface area (Å²) in [5.41, 5.74) is 1.42. The van der Waals surface area contributed by atoms with Crippen molar-refractivity contribution in [3.63, 3.8) is 0 Å². The molecule has 0 amide bonds. The number of hydrogen-bond acceptors (Lipinski definition) is 7. The largest absolute Gasteiger partial charge is 0.490 e. The van der Waals surface area contributed by atoms with Gasteiger partial charge in [-0.15, -0.1) is 0 Å². The van der Waals surface area contributed by atoms with Gasteiger partial charge in [-0.2, -0.15) is 9.78 Å². The Balaban J connectivity index is 1.75. The highest BCUT2D eigenvalue weighted by molar-refractivity contribution is 9.10. The lowest BCUT2D eigenvalue weighted by Gasteiger charge is -2.16. The molecule has 12 heteroatoms. The van der Waals surface area contributed by atoms with Crippen LogP contribution in [0, 0.1) is 10.1 Å². The Morgan fingerprint density at radius 1 is 1.18 bits per heavy atom. The first-order valence-corrected chi connectivity index (χ1v) is 14.4. The average molecular weight is 693 g/mol. The van der Waals surface area contributed by atoms with Crippen LogP contribution in [0.15, 0.2) is 67.4 Å². The third kappa shape index (κ3) is 6.37. The van der Waals surface area contributed by atoms with Crippen LogP contribution in [0.5, 0.6) is 11.5 Å². The summed E-state index contributed by atoms with van der Waals surface area (Å²) in [6, 6.07) is 13.2. The Kier molecular flexibility index (Phi) is 9.60. The normalized spacial score (nSPS) is 12.2. The van der Waals surface area contributed by atoms with Gasteiger partial charge < -0.3 is 9.47 Å². The molecule has 0 aliphatic rings. The highest BCUT2D eigenvalue weighted by Gasteiger charge is 2.19. The summed E-state index contributed by atoms with van der Waals surface area (Å²) in [5.74, 6) is 1.16. The zero-order valence-electron chi connectivity index (χ0n) is 21.9. The molecule has 1 aromatic heterocycles. The molecule has 0 spiro atoms. The van der Waals surface area contributed by atoms with Crippen molar-refractivity contribution in [1.29, 1.82) is 0 Å². The van der Waals surface area contributed by atoms with Crippen molar-refractivity contribution in [1.82, 2.24) is 9.66 Å². The van der Waals surface area contributed by atoms with E-state index in [-0.39, 0.29) is 34.5 Å². The van der Waals surface area contributed by atoms with Crippen LogP contribution in [0.3, 0.4) is 0 Å². The second kappa shape index (κ2) is 12.9. The molecule has 0 unspecified atom stereocenters. The number of nitro benzene ring substituents is 1. The molecular weight excluding hydrogens is 668 g/mol. The molecule has 0 saturated carbocycles. The van der Waals surface area contributed by atoms with E-state index in [2.05, 4.69) is 37.0 Å². The molecule has 0 saturated heterocycles. The second-order valence-electron chi connectivity index (χ2n) is 8.87. The third-order valence-electron chi connectivity index (χ3n) is 6.16. The standard InChI is InChI=1S/C28H25Br2ClN4O5/c1-4-16(3)27-33-22-10-9-19(29)13-21(22)28(36)34(27)32-14-18-12-23(39-5-2)26(25(31)24(18)30)40-15-17-7-6-8-20(11-17)35(37)38/h6-14,16H,4-5,15H2,1-3H3/t16-/m0/s1. The van der Waals surface area contributed by atoms with Crippen molar-refractivity contribution >= 4 is 66.3 Å². The number of nitro groups is 1. The number of ether oxygens (including phenoxy) is 2. The Labute approximate surface area is 252 Å². The number of non-ortho nitro benzene ring substituents is 1. The minimum absolute atomic E-state index is 0.0199. The lowest BCUT2D eigenvalue weighted by Crippen LogP contribution is -2.23. The summed E-state index contributed by atoms with van der Waals surface area (Å²) in [6.07, 6.45) is 2.28. The average Bonchev–Trinajstić information content (AvgIpc) is 2.94. The van der Waals surface area contributed by atoms with E-state index in [1.165, 1.54) is 23.0 Å². The summed E-state index contributed by atoms with van der Waals surface area (Å²) in [4.78, 5) is 28.9. The summed E-state index contributed by atoms with van der Waals surface area (Å²) in [6.45, 7) is 6.21. The SMILES string of the molecule is CCOc1cc(C=Nn2c([C@@H](C)CC)nc3ccc(Br)cc3c2=O)c(Br)c(Cl)c1OCc1cccc([N+](=O)[O-])c1. The zero-order chi connectivity index (χ0) is 29.0. The van der Waals surface area contributed by atoms with Gasteiger partial charge in [-0.25, -0.2) is 4.98 Å². The Hall–Kier alpha value is -3.28. The molecule has 0 N–H and O–H groups in total. The van der Waals surface area contributed by atoms with Crippen LogP contribution in [0.25, 0.3) is 10.9 Å². The van der Waals surface area contributed by atoms with Gasteiger partial charge in [0, 0.05) is 32.6 Å². The van der Waals surface area contributed by atoms with Crippen molar-refractivity contribution in [2.45, 2.75) is 39.7 Å². The zero-order valence-corrected chi connectivity index (χ0v) is 25.8. The fourth-order valence-corrected chi connectivity index (χ4v) is 4.92. The van der Waals surface area contributed by atoms with Gasteiger partial charge in [0.25, 0.3) is 11.2 Å². The number of aromatic nitrogens is 2. The lowest BCUT2D eigenvalue weighted by atomic mass is 10.1. The van der Waals surface area contributed by atoms with Crippen LogP contribution in [0.4, 0.5) is 5.69 Å². The van der Waals surface area contributed by atoms with Gasteiger partial charge in [0.1, 0.15) is 17.5 Å². The maximum atomic E-state index is 13.5. The number of fused-ring (bicyclic) bond motifs is 1. The summed E-state index contributed by atoms with van der Waals surface area (Å²) < 4.78 is 14.3. The van der Waals surface area contributed by atoms with Crippen molar-refractivity contribution in [3.05, 3.63) is 99.9 Å². The maximum absolute atomic E-state index is 13.5. The minimum Gasteiger partial charge on any atom is -0.490 e. The van der Waals surface area contributed by atoms with E-state index in [0.717, 1.165) is 10.9 Å². The van der Waals surface area contributed by atoms with Crippen LogP contribution < -0.4 is 15.0 Å². The van der Waals surface area contributed by atoms with E-state index in [1.807, 2.05) is 26.8 Å². The predicted molar refractivity (Wildman–Crippen MR) is 163 cm³/mol. The van der Waals surface area contributed by atoms with E-state index < -0.39 is 4.92 Å². The van der Waals surface area contributed by atoms with Crippen molar-refractivity contribution < 1.29 is 14.4 Å². The maximum Gasteiger partial charge on any atom is 0.282 e. The fourth-order valence-electron chi connectivity index (χ4n) is 3.91. The molecular formula is C28H25Br2ClN4O5. The second-order valence-corrected chi connectivity index (χ2v) is 11.0. The quantitative estimate of drug-likeness (QED) is 0.0952. The topological polar surface area (TPSA) is 109 Å². The van der Waals surface area contributed by atoms with E-state index in [0.29, 0.717) is 44.7 Å². The van der Waals surface area contributed by atoms with E-state index in [9.17, 15) is 14.9 Å². The molecule has 0 fully saturated rings. The van der Waals surface area contributed by atoms with Crippen LogP contribution in [-0.2, 0) is 6.61 Å². The first-order chi connectivity index (χ1) is 19.1. The van der Waals surface area contributed by atoms with Gasteiger partial charge in [0.2, 0.25) is 0 Å². The molecule has 0 bridgehead atoms. The molecule has 4 aromatic rings. The number of nitrogens with zero attached hydrogens (tertiary/aromatic N) is 4. The number of halogens is 3. The number of rotatable bonds is 10. The highest BCUT2D eigenvalue weighted by Crippen LogP contribution is 2.42. The first kappa shape index (κ1) is 29.7. The molecule has 208 valence electrons. The van der Waals surface area contributed by atoms with Crippen molar-refractivity contribution in [2.24, 2.45) is 5.10 Å². The Bertz CT molecular complexity index is 1680. The molecule has 0 aliphatic heterocycles. The van der Waals surface area contributed by atoms with Gasteiger partial charge in [0.05, 0.1) is 28.6 Å². The smallest absolute Gasteiger partial charge is 0.282 e. The van der Waals surface area contributed by atoms with E-state index >= 15 is 0 Å². The number of benzene rings is 3. The van der Waals surface area contributed by atoms with Gasteiger partial charge in [0.15, 0.2) is 11.5 Å². The van der Waals surface area contributed by atoms with Gasteiger partial charge in [-0.05, 0) is 59.1 Å². The third-order valence-corrected chi connectivity index (χ3v) is 8.10. The molecule has 0 aliphatic carbocycles. The molecule has 1 atom stereocenters. The fraction of sp³-hybridized carbons (Fsp3) is 0.250. The summed E-state index contributed by atoms with van der Waals surface area (Å²) >= 11 is 13.6. The molecule has 3 aromatic carbocycles. The lowest BCUT2D eigenvalue weighted by molar-refractivity contribution is -0.384. The van der Waals surface area contributed by atoms with E-state index in [1.54, 1.807) is 30.3 Å². The summed E-state index contributed by atoms with van der Waals surface area (Å²) in [7, 11) is 0. The van der Waals surface area contributed by atoms with Crippen LogP contribution in [0.1, 0.15) is 50.1 Å². The van der Waals surface area contributed by atoms with Crippen molar-refractivity contribution in [3.8, 4) is 11.5 Å². The van der Waals surface area contributed by atoms with Gasteiger partial charge in [-0.1, -0.05) is 53.5 Å². The van der Waals surface area contributed by atoms with Gasteiger partial charge >= 0.3 is 0 Å². The van der Waals surface area contributed by atoms with Crippen LogP contribution in [-0.4, -0.2) is 27.4 Å². The molecule has 9 nitrogen and oxygen atoms in total. The monoisotopic (exact) mass is 690 g/mol. The number of hydrogen-bond donors (Lipinski definition) is 0. The summed E-state index contributed by atoms with van der Waals surface area (Å²) in [5, 5.41) is 16.3. The van der Waals surface area contributed by atoms with Crippen LogP contribution in [0.2, 0.25) is 5.02 Å². The minimum atomic E-state index is -0.464. The molecule has 1 heterocycles. The van der Waals surface area contributed by atoms with Crippen LogP contribution >= 0.6 is 43.5 Å².